The molecular formula is C14H11F2NO5. The summed E-state index contributed by atoms with van der Waals surface area (Å²) < 4.78 is 29.1. The van der Waals surface area contributed by atoms with Crippen LogP contribution in [0, 0.1) is 21.7 Å². The zero-order valence-electron chi connectivity index (χ0n) is 11.3. The van der Waals surface area contributed by atoms with Gasteiger partial charge in [-0.25, -0.2) is 9.18 Å². The predicted octanol–water partition coefficient (Wildman–Crippen LogP) is 3.05. The number of nitro benzene ring substituents is 1. The molecule has 0 amide bonds. The third kappa shape index (κ3) is 4.51. The maximum atomic E-state index is 12.4. The van der Waals surface area contributed by atoms with E-state index in [9.17, 15) is 23.7 Å². The molecule has 0 aromatic heterocycles. The second-order valence-corrected chi connectivity index (χ2v) is 3.86. The second-order valence-electron chi connectivity index (χ2n) is 3.86. The molecule has 0 saturated heterocycles. The summed E-state index contributed by atoms with van der Waals surface area (Å²) in [4.78, 5) is 20.1. The molecule has 0 spiro atoms. The van der Waals surface area contributed by atoms with Gasteiger partial charge in [-0.05, 0) is 18.2 Å². The van der Waals surface area contributed by atoms with E-state index in [1.165, 1.54) is 19.2 Å². The number of halogens is 2. The molecule has 0 atom stereocenters. The number of nitro groups is 1. The number of esters is 1. The molecule has 22 heavy (non-hydrogen) atoms. The van der Waals surface area contributed by atoms with Crippen molar-refractivity contribution in [1.82, 2.24) is 0 Å². The quantitative estimate of drug-likeness (QED) is 0.523. The Morgan fingerprint density at radius 1 is 1.23 bits per heavy atom. The van der Waals surface area contributed by atoms with Gasteiger partial charge in [-0.15, -0.1) is 0 Å². The van der Waals surface area contributed by atoms with Crippen molar-refractivity contribution in [2.45, 2.75) is 0 Å². The minimum absolute atomic E-state index is 0.0427. The van der Waals surface area contributed by atoms with Gasteiger partial charge in [0, 0.05) is 12.1 Å². The normalized spacial score (nSPS) is 9.41. The van der Waals surface area contributed by atoms with E-state index in [0.717, 1.165) is 30.3 Å². The highest BCUT2D eigenvalue weighted by molar-refractivity contribution is 5.92. The highest BCUT2D eigenvalue weighted by Crippen LogP contribution is 2.18. The standard InChI is InChI=1S/C8H7FO3.C6H4FNO2/c1-12-8(11)6-3-2-5(9)4-7(6)10;7-5-3-1-2-4-6(5)8(9)10/h2-4,10H,1H3;1-4H. The van der Waals surface area contributed by atoms with E-state index < -0.39 is 34.0 Å². The molecule has 8 heteroatoms. The number of hydrogen-bond donors (Lipinski definition) is 1. The molecule has 6 nitrogen and oxygen atoms in total. The number of phenolic OH excluding ortho intramolecular Hbond substituents is 1. The SMILES string of the molecule is COC(=O)c1ccc(F)cc1O.O=[N+]([O-])c1ccccc1F. The van der Waals surface area contributed by atoms with Crippen molar-refractivity contribution < 1.29 is 28.3 Å². The molecule has 116 valence electrons. The zero-order chi connectivity index (χ0) is 16.7. The Hall–Kier alpha value is -3.03. The summed E-state index contributed by atoms with van der Waals surface area (Å²) in [6.07, 6.45) is 0. The number of methoxy groups -OCH3 is 1. The van der Waals surface area contributed by atoms with Gasteiger partial charge in [0.2, 0.25) is 5.82 Å². The smallest absolute Gasteiger partial charge is 0.341 e. The third-order valence-electron chi connectivity index (χ3n) is 2.41. The first-order chi connectivity index (χ1) is 10.4. The Balaban J connectivity index is 0.000000224. The molecular weight excluding hydrogens is 300 g/mol. The first-order valence-corrected chi connectivity index (χ1v) is 5.82. The molecule has 2 aromatic carbocycles. The fourth-order valence-corrected chi connectivity index (χ4v) is 1.39. The van der Waals surface area contributed by atoms with Crippen molar-refractivity contribution >= 4 is 11.7 Å². The minimum Gasteiger partial charge on any atom is -0.507 e. The molecule has 0 aliphatic heterocycles. The van der Waals surface area contributed by atoms with Crippen molar-refractivity contribution in [3.8, 4) is 5.75 Å². The summed E-state index contributed by atoms with van der Waals surface area (Å²) in [7, 11) is 1.19. The lowest BCUT2D eigenvalue weighted by molar-refractivity contribution is -0.387. The highest BCUT2D eigenvalue weighted by atomic mass is 19.1. The third-order valence-corrected chi connectivity index (χ3v) is 2.41. The molecule has 1 N–H and O–H groups in total. The zero-order valence-corrected chi connectivity index (χ0v) is 11.3. The Bertz CT molecular complexity index is 691. The number of rotatable bonds is 2. The summed E-state index contributed by atoms with van der Waals surface area (Å²) in [5.41, 5.74) is -0.526. The fourth-order valence-electron chi connectivity index (χ4n) is 1.39. The maximum absolute atomic E-state index is 12.4. The van der Waals surface area contributed by atoms with E-state index in [1.807, 2.05) is 0 Å². The van der Waals surface area contributed by atoms with Crippen molar-refractivity contribution in [2.24, 2.45) is 0 Å². The van der Waals surface area contributed by atoms with Crippen LogP contribution in [0.3, 0.4) is 0 Å². The molecule has 0 saturated carbocycles. The van der Waals surface area contributed by atoms with Crippen LogP contribution in [0.15, 0.2) is 42.5 Å². The van der Waals surface area contributed by atoms with Gasteiger partial charge < -0.3 is 9.84 Å². The number of phenols is 1. The van der Waals surface area contributed by atoms with E-state index in [-0.39, 0.29) is 5.56 Å². The van der Waals surface area contributed by atoms with Crippen LogP contribution < -0.4 is 0 Å². The van der Waals surface area contributed by atoms with E-state index in [0.29, 0.717) is 0 Å². The van der Waals surface area contributed by atoms with E-state index in [2.05, 4.69) is 4.74 Å². The van der Waals surface area contributed by atoms with Crippen LogP contribution in [0.25, 0.3) is 0 Å². The number of hydrogen-bond acceptors (Lipinski definition) is 5. The highest BCUT2D eigenvalue weighted by Gasteiger charge is 2.11. The fraction of sp³-hybridized carbons (Fsp3) is 0.0714. The number of para-hydroxylation sites is 1. The average Bonchev–Trinajstić information content (AvgIpc) is 2.47. The largest absolute Gasteiger partial charge is 0.507 e. The number of aromatic hydroxyl groups is 1. The number of carbonyl (C=O) groups is 1. The number of carbonyl (C=O) groups excluding carboxylic acids is 1. The van der Waals surface area contributed by atoms with Crippen LogP contribution in [0.5, 0.6) is 5.75 Å². The summed E-state index contributed by atoms with van der Waals surface area (Å²) in [5.74, 6) is -2.50. The first kappa shape index (κ1) is 17.0. The predicted molar refractivity (Wildman–Crippen MR) is 72.5 cm³/mol. The lowest BCUT2D eigenvalue weighted by Gasteiger charge is -2.00. The van der Waals surface area contributed by atoms with E-state index >= 15 is 0 Å². The molecule has 0 heterocycles. The minimum atomic E-state index is -0.799. The van der Waals surface area contributed by atoms with Crippen LogP contribution in [0.1, 0.15) is 10.4 Å². The number of ether oxygens (including phenoxy) is 1. The average molecular weight is 311 g/mol. The first-order valence-electron chi connectivity index (χ1n) is 5.82. The molecule has 0 aliphatic rings. The van der Waals surface area contributed by atoms with Gasteiger partial charge in [-0.2, -0.15) is 4.39 Å². The van der Waals surface area contributed by atoms with Crippen LogP contribution in [-0.2, 0) is 4.74 Å². The number of benzene rings is 2. The van der Waals surface area contributed by atoms with Crippen LogP contribution in [0.4, 0.5) is 14.5 Å². The van der Waals surface area contributed by atoms with E-state index in [4.69, 9.17) is 5.11 Å². The van der Waals surface area contributed by atoms with Crippen molar-refractivity contribution in [3.05, 3.63) is 69.8 Å². The van der Waals surface area contributed by atoms with Gasteiger partial charge in [-0.1, -0.05) is 12.1 Å². The maximum Gasteiger partial charge on any atom is 0.341 e. The molecule has 0 bridgehead atoms. The van der Waals surface area contributed by atoms with Crippen LogP contribution in [-0.4, -0.2) is 23.1 Å². The molecule has 2 rings (SSSR count). The Labute approximate surface area is 123 Å². The summed E-state index contributed by atoms with van der Waals surface area (Å²) in [6, 6.07) is 8.09. The van der Waals surface area contributed by atoms with Gasteiger partial charge in [0.15, 0.2) is 0 Å². The van der Waals surface area contributed by atoms with Gasteiger partial charge in [0.05, 0.1) is 12.0 Å². The summed E-state index contributed by atoms with van der Waals surface area (Å²) in [5, 5.41) is 19.0. The Morgan fingerprint density at radius 3 is 2.32 bits per heavy atom. The van der Waals surface area contributed by atoms with Crippen LogP contribution in [0.2, 0.25) is 0 Å². The van der Waals surface area contributed by atoms with Crippen molar-refractivity contribution in [1.29, 1.82) is 0 Å². The summed E-state index contributed by atoms with van der Waals surface area (Å²) >= 11 is 0. The van der Waals surface area contributed by atoms with Crippen molar-refractivity contribution in [3.63, 3.8) is 0 Å². The second kappa shape index (κ2) is 7.67. The molecule has 0 fully saturated rings. The Morgan fingerprint density at radius 2 is 1.86 bits per heavy atom. The topological polar surface area (TPSA) is 89.7 Å². The molecule has 0 aliphatic carbocycles. The summed E-state index contributed by atoms with van der Waals surface area (Å²) in [6.45, 7) is 0. The van der Waals surface area contributed by atoms with E-state index in [1.54, 1.807) is 0 Å². The molecule has 0 radical (unpaired) electrons. The molecule has 2 aromatic rings. The molecule has 0 unspecified atom stereocenters. The van der Waals surface area contributed by atoms with Crippen molar-refractivity contribution in [2.75, 3.05) is 7.11 Å². The lowest BCUT2D eigenvalue weighted by Crippen LogP contribution is -2.01. The lowest BCUT2D eigenvalue weighted by atomic mass is 10.2. The monoisotopic (exact) mass is 311 g/mol. The van der Waals surface area contributed by atoms with Gasteiger partial charge in [-0.3, -0.25) is 10.1 Å². The number of nitrogens with zero attached hydrogens (tertiary/aromatic N) is 1. The van der Waals surface area contributed by atoms with Gasteiger partial charge >= 0.3 is 11.7 Å². The Kier molecular flexibility index (Phi) is 5.94. The van der Waals surface area contributed by atoms with Crippen LogP contribution >= 0.6 is 0 Å². The van der Waals surface area contributed by atoms with Gasteiger partial charge in [0.1, 0.15) is 17.1 Å². The van der Waals surface area contributed by atoms with Gasteiger partial charge in [0.25, 0.3) is 0 Å².